The summed E-state index contributed by atoms with van der Waals surface area (Å²) < 4.78 is 13.5. The fraction of sp³-hybridized carbons (Fsp3) is 0.263. The van der Waals surface area contributed by atoms with Gasteiger partial charge in [0, 0.05) is 26.7 Å². The summed E-state index contributed by atoms with van der Waals surface area (Å²) in [6.45, 7) is 1.31. The van der Waals surface area contributed by atoms with Gasteiger partial charge < -0.3 is 15.5 Å². The predicted octanol–water partition coefficient (Wildman–Crippen LogP) is 2.79. The first-order chi connectivity index (χ1) is 12.1. The maximum absolute atomic E-state index is 13.5. The van der Waals surface area contributed by atoms with Gasteiger partial charge in [-0.25, -0.2) is 9.18 Å². The van der Waals surface area contributed by atoms with Crippen molar-refractivity contribution < 1.29 is 14.0 Å². The van der Waals surface area contributed by atoms with Crippen molar-refractivity contribution in [3.63, 3.8) is 0 Å². The summed E-state index contributed by atoms with van der Waals surface area (Å²) in [5.41, 5.74) is 1.08. The van der Waals surface area contributed by atoms with Gasteiger partial charge in [-0.05, 0) is 24.1 Å². The number of hydrogen-bond acceptors (Lipinski definition) is 2. The van der Waals surface area contributed by atoms with Gasteiger partial charge in [-0.3, -0.25) is 4.79 Å². The van der Waals surface area contributed by atoms with Gasteiger partial charge in [0.2, 0.25) is 0 Å². The highest BCUT2D eigenvalue weighted by atomic mass is 19.1. The Bertz CT molecular complexity index is 707. The third kappa shape index (κ3) is 5.91. The standard InChI is InChI=1S/C19H22FN3O2/c1-23(14-15-8-3-2-4-9-15)19(25)22-13-7-12-21-18(24)16-10-5-6-11-17(16)20/h2-6,8-11H,7,12-14H2,1H3,(H,21,24)(H,22,25). The molecule has 0 heterocycles. The van der Waals surface area contributed by atoms with Gasteiger partial charge in [0.1, 0.15) is 5.82 Å². The lowest BCUT2D eigenvalue weighted by Gasteiger charge is -2.18. The van der Waals surface area contributed by atoms with Crippen LogP contribution in [0.2, 0.25) is 0 Å². The third-order valence-corrected chi connectivity index (χ3v) is 3.64. The van der Waals surface area contributed by atoms with Crippen LogP contribution < -0.4 is 10.6 Å². The Morgan fingerprint density at radius 2 is 1.60 bits per heavy atom. The van der Waals surface area contributed by atoms with Crippen LogP contribution in [-0.2, 0) is 6.54 Å². The second kappa shape index (κ2) is 9.42. The van der Waals surface area contributed by atoms with E-state index in [-0.39, 0.29) is 11.6 Å². The van der Waals surface area contributed by atoms with E-state index in [0.29, 0.717) is 26.1 Å². The van der Waals surface area contributed by atoms with Gasteiger partial charge in [-0.15, -0.1) is 0 Å². The van der Waals surface area contributed by atoms with Gasteiger partial charge >= 0.3 is 6.03 Å². The van der Waals surface area contributed by atoms with E-state index in [4.69, 9.17) is 0 Å². The largest absolute Gasteiger partial charge is 0.352 e. The van der Waals surface area contributed by atoms with Crippen LogP contribution in [0.4, 0.5) is 9.18 Å². The summed E-state index contributed by atoms with van der Waals surface area (Å²) in [6.07, 6.45) is 0.561. The Hall–Kier alpha value is -2.89. The van der Waals surface area contributed by atoms with E-state index in [1.165, 1.54) is 18.2 Å². The normalized spacial score (nSPS) is 10.2. The zero-order valence-corrected chi connectivity index (χ0v) is 14.2. The Morgan fingerprint density at radius 1 is 0.960 bits per heavy atom. The smallest absolute Gasteiger partial charge is 0.317 e. The summed E-state index contributed by atoms with van der Waals surface area (Å²) in [5.74, 6) is -0.999. The van der Waals surface area contributed by atoms with E-state index in [9.17, 15) is 14.0 Å². The fourth-order valence-corrected chi connectivity index (χ4v) is 2.29. The number of benzene rings is 2. The molecule has 0 saturated carbocycles. The Balaban J connectivity index is 1.64. The van der Waals surface area contributed by atoms with Crippen molar-refractivity contribution >= 4 is 11.9 Å². The molecule has 0 atom stereocenters. The molecule has 0 bridgehead atoms. The second-order valence-corrected chi connectivity index (χ2v) is 5.66. The van der Waals surface area contributed by atoms with Crippen molar-refractivity contribution in [1.29, 1.82) is 0 Å². The van der Waals surface area contributed by atoms with E-state index in [0.717, 1.165) is 5.56 Å². The zero-order chi connectivity index (χ0) is 18.1. The molecule has 2 aromatic carbocycles. The molecule has 0 aliphatic carbocycles. The molecule has 0 aromatic heterocycles. The molecule has 0 saturated heterocycles. The number of carbonyl (C=O) groups excluding carboxylic acids is 2. The molecule has 5 nitrogen and oxygen atoms in total. The quantitative estimate of drug-likeness (QED) is 0.760. The van der Waals surface area contributed by atoms with E-state index in [2.05, 4.69) is 10.6 Å². The molecule has 2 aromatic rings. The minimum absolute atomic E-state index is 0.0223. The number of nitrogens with zero attached hydrogens (tertiary/aromatic N) is 1. The maximum atomic E-state index is 13.5. The van der Waals surface area contributed by atoms with Crippen LogP contribution in [0.1, 0.15) is 22.3 Å². The molecule has 2 N–H and O–H groups in total. The molecule has 25 heavy (non-hydrogen) atoms. The lowest BCUT2D eigenvalue weighted by atomic mass is 10.2. The number of rotatable bonds is 7. The van der Waals surface area contributed by atoms with E-state index in [1.54, 1.807) is 18.0 Å². The van der Waals surface area contributed by atoms with Crippen LogP contribution >= 0.6 is 0 Å². The lowest BCUT2D eigenvalue weighted by Crippen LogP contribution is -2.38. The number of urea groups is 1. The molecule has 3 amide bonds. The average molecular weight is 343 g/mol. The summed E-state index contributed by atoms with van der Waals surface area (Å²) in [7, 11) is 1.72. The van der Waals surface area contributed by atoms with Gasteiger partial charge in [-0.2, -0.15) is 0 Å². The van der Waals surface area contributed by atoms with Crippen molar-refractivity contribution in [3.05, 3.63) is 71.5 Å². The Morgan fingerprint density at radius 3 is 2.32 bits per heavy atom. The first-order valence-electron chi connectivity index (χ1n) is 8.13. The van der Waals surface area contributed by atoms with Gasteiger partial charge in [0.25, 0.3) is 5.91 Å². The van der Waals surface area contributed by atoms with E-state index >= 15 is 0 Å². The molecular formula is C19H22FN3O2. The number of nitrogens with one attached hydrogen (secondary N) is 2. The highest BCUT2D eigenvalue weighted by Gasteiger charge is 2.10. The predicted molar refractivity (Wildman–Crippen MR) is 94.7 cm³/mol. The monoisotopic (exact) mass is 343 g/mol. The SMILES string of the molecule is CN(Cc1ccccc1)C(=O)NCCCNC(=O)c1ccccc1F. The van der Waals surface area contributed by atoms with E-state index in [1.807, 2.05) is 30.3 Å². The van der Waals surface area contributed by atoms with Gasteiger partial charge in [-0.1, -0.05) is 42.5 Å². The molecule has 2 rings (SSSR count). The van der Waals surface area contributed by atoms with Gasteiger partial charge in [0.15, 0.2) is 0 Å². The Kier molecular flexibility index (Phi) is 6.95. The topological polar surface area (TPSA) is 61.4 Å². The fourth-order valence-electron chi connectivity index (χ4n) is 2.29. The summed E-state index contributed by atoms with van der Waals surface area (Å²) in [6, 6.07) is 15.4. The first-order valence-corrected chi connectivity index (χ1v) is 8.13. The maximum Gasteiger partial charge on any atom is 0.317 e. The Labute approximate surface area is 146 Å². The number of halogens is 1. The summed E-state index contributed by atoms with van der Waals surface area (Å²) in [4.78, 5) is 25.4. The molecule has 132 valence electrons. The number of amides is 3. The number of carbonyl (C=O) groups is 2. The van der Waals surface area contributed by atoms with Gasteiger partial charge in [0.05, 0.1) is 5.56 Å². The summed E-state index contributed by atoms with van der Waals surface area (Å²) >= 11 is 0. The van der Waals surface area contributed by atoms with Crippen molar-refractivity contribution in [2.75, 3.05) is 20.1 Å². The van der Waals surface area contributed by atoms with E-state index < -0.39 is 11.7 Å². The third-order valence-electron chi connectivity index (χ3n) is 3.64. The second-order valence-electron chi connectivity index (χ2n) is 5.66. The summed E-state index contributed by atoms with van der Waals surface area (Å²) in [5, 5.41) is 5.43. The van der Waals surface area contributed by atoms with Crippen LogP contribution in [-0.4, -0.2) is 37.0 Å². The highest BCUT2D eigenvalue weighted by Crippen LogP contribution is 2.05. The molecule has 6 heteroatoms. The van der Waals surface area contributed by atoms with Crippen molar-refractivity contribution in [3.8, 4) is 0 Å². The minimum atomic E-state index is -0.546. The minimum Gasteiger partial charge on any atom is -0.352 e. The average Bonchev–Trinajstić information content (AvgIpc) is 2.62. The molecule has 0 unspecified atom stereocenters. The molecule has 0 spiro atoms. The molecule has 0 aliphatic heterocycles. The van der Waals surface area contributed by atoms with Crippen LogP contribution in [0.15, 0.2) is 54.6 Å². The number of hydrogen-bond donors (Lipinski definition) is 2. The molecule has 0 radical (unpaired) electrons. The first kappa shape index (κ1) is 18.4. The zero-order valence-electron chi connectivity index (χ0n) is 14.2. The van der Waals surface area contributed by atoms with Crippen LogP contribution in [0.3, 0.4) is 0 Å². The van der Waals surface area contributed by atoms with Crippen molar-refractivity contribution in [1.82, 2.24) is 15.5 Å². The molecule has 0 fully saturated rings. The van der Waals surface area contributed by atoms with Crippen LogP contribution in [0.5, 0.6) is 0 Å². The lowest BCUT2D eigenvalue weighted by molar-refractivity contribution is 0.0949. The molecule has 0 aliphatic rings. The highest BCUT2D eigenvalue weighted by molar-refractivity contribution is 5.94. The molecular weight excluding hydrogens is 321 g/mol. The van der Waals surface area contributed by atoms with Crippen LogP contribution in [0.25, 0.3) is 0 Å². The van der Waals surface area contributed by atoms with Crippen molar-refractivity contribution in [2.45, 2.75) is 13.0 Å². The van der Waals surface area contributed by atoms with Crippen molar-refractivity contribution in [2.24, 2.45) is 0 Å². The van der Waals surface area contributed by atoms with Crippen LogP contribution in [0, 0.1) is 5.82 Å².